The van der Waals surface area contributed by atoms with Gasteiger partial charge in [0, 0.05) is 32.7 Å². The molecule has 0 radical (unpaired) electrons. The maximum absolute atomic E-state index is 13.9. The molecule has 1 saturated heterocycles. The molecule has 1 unspecified atom stereocenters. The molecular weight excluding hydrogens is 458 g/mol. The van der Waals surface area contributed by atoms with Crippen molar-refractivity contribution in [2.45, 2.75) is 52.1 Å². The minimum atomic E-state index is -0.329. The topological polar surface area (TPSA) is 48.9 Å². The van der Waals surface area contributed by atoms with Gasteiger partial charge in [-0.25, -0.2) is 4.39 Å². The maximum atomic E-state index is 13.9. The second-order valence-corrected chi connectivity index (χ2v) is 6.78. The molecule has 0 aliphatic carbocycles. The Morgan fingerprint density at radius 2 is 2.15 bits per heavy atom. The lowest BCUT2D eigenvalue weighted by Crippen LogP contribution is -2.41. The average molecular weight is 492 g/mol. The van der Waals surface area contributed by atoms with Crippen molar-refractivity contribution in [3.63, 3.8) is 0 Å². The first kappa shape index (κ1) is 23.9. The molecule has 1 aromatic carbocycles. The average Bonchev–Trinajstić information content (AvgIpc) is 2.64. The fourth-order valence-electron chi connectivity index (χ4n) is 3.31. The summed E-state index contributed by atoms with van der Waals surface area (Å²) in [5.41, 5.74) is 0.857. The van der Waals surface area contributed by atoms with Gasteiger partial charge in [-0.05, 0) is 57.4 Å². The Labute approximate surface area is 180 Å². The number of nitrogens with one attached hydrogen (secondary N) is 2. The van der Waals surface area contributed by atoms with Gasteiger partial charge in [-0.2, -0.15) is 0 Å². The molecule has 1 aliphatic rings. The van der Waals surface area contributed by atoms with E-state index in [2.05, 4.69) is 27.4 Å². The summed E-state index contributed by atoms with van der Waals surface area (Å²) in [6, 6.07) is 5.75. The highest BCUT2D eigenvalue weighted by Crippen LogP contribution is 2.18. The van der Waals surface area contributed by atoms with Crippen molar-refractivity contribution < 1.29 is 9.13 Å². The van der Waals surface area contributed by atoms with Gasteiger partial charge in [0.2, 0.25) is 0 Å². The molecule has 0 saturated carbocycles. The Morgan fingerprint density at radius 1 is 1.33 bits per heavy atom. The first-order chi connectivity index (χ1) is 12.6. The summed E-state index contributed by atoms with van der Waals surface area (Å²) >= 11 is 0. The molecule has 0 amide bonds. The van der Waals surface area contributed by atoms with Crippen molar-refractivity contribution in [2.75, 3.05) is 33.3 Å². The predicted octanol–water partition coefficient (Wildman–Crippen LogP) is 3.77. The summed E-state index contributed by atoms with van der Waals surface area (Å²) in [4.78, 5) is 6.81. The Kier molecular flexibility index (Phi) is 11.7. The van der Waals surface area contributed by atoms with Crippen LogP contribution in [-0.2, 0) is 6.54 Å². The van der Waals surface area contributed by atoms with E-state index < -0.39 is 0 Å². The number of ether oxygens (including phenoxy) is 1. The van der Waals surface area contributed by atoms with E-state index in [4.69, 9.17) is 4.74 Å². The smallest absolute Gasteiger partial charge is 0.191 e. The van der Waals surface area contributed by atoms with Gasteiger partial charge in [0.05, 0.1) is 6.61 Å². The number of piperidine rings is 1. The highest BCUT2D eigenvalue weighted by molar-refractivity contribution is 14.0. The molecule has 0 bridgehead atoms. The second-order valence-electron chi connectivity index (χ2n) is 6.78. The molecule has 1 heterocycles. The number of likely N-dealkylation sites (tertiary alicyclic amines) is 1. The van der Waals surface area contributed by atoms with Crippen LogP contribution < -0.4 is 15.4 Å². The zero-order valence-electron chi connectivity index (χ0n) is 16.8. The van der Waals surface area contributed by atoms with Crippen molar-refractivity contribution in [2.24, 2.45) is 4.99 Å². The molecule has 7 heteroatoms. The van der Waals surface area contributed by atoms with E-state index >= 15 is 0 Å². The number of aliphatic imine (C=N–C) groups is 1. The third-order valence-corrected chi connectivity index (χ3v) is 4.83. The summed E-state index contributed by atoms with van der Waals surface area (Å²) in [5.74, 6) is 0.710. The monoisotopic (exact) mass is 492 g/mol. The van der Waals surface area contributed by atoms with Gasteiger partial charge in [0.1, 0.15) is 0 Å². The second kappa shape index (κ2) is 13.1. The first-order valence-corrected chi connectivity index (χ1v) is 9.73. The molecular formula is C20H34FIN4O. The summed E-state index contributed by atoms with van der Waals surface area (Å²) in [7, 11) is 1.75. The molecule has 1 aromatic rings. The lowest BCUT2D eigenvalue weighted by atomic mass is 10.0. The van der Waals surface area contributed by atoms with Crippen molar-refractivity contribution in [1.29, 1.82) is 0 Å². The van der Waals surface area contributed by atoms with Crippen molar-refractivity contribution >= 4 is 29.9 Å². The number of hydrogen-bond donors (Lipinski definition) is 2. The largest absolute Gasteiger partial charge is 0.491 e. The number of benzene rings is 1. The Morgan fingerprint density at radius 3 is 2.81 bits per heavy atom. The van der Waals surface area contributed by atoms with Crippen molar-refractivity contribution in [1.82, 2.24) is 15.5 Å². The summed E-state index contributed by atoms with van der Waals surface area (Å²) in [6.07, 6.45) is 5.08. The third-order valence-electron chi connectivity index (χ3n) is 4.83. The van der Waals surface area contributed by atoms with E-state index in [0.29, 0.717) is 24.9 Å². The van der Waals surface area contributed by atoms with Crippen LogP contribution in [0.3, 0.4) is 0 Å². The number of rotatable bonds is 8. The summed E-state index contributed by atoms with van der Waals surface area (Å²) in [5, 5.41) is 6.56. The molecule has 0 spiro atoms. The van der Waals surface area contributed by atoms with Crippen LogP contribution in [0.4, 0.5) is 4.39 Å². The Balaban J connectivity index is 0.00000364. The van der Waals surface area contributed by atoms with Crippen molar-refractivity contribution in [3.8, 4) is 5.75 Å². The van der Waals surface area contributed by atoms with Crippen LogP contribution in [0.2, 0.25) is 0 Å². The van der Waals surface area contributed by atoms with Gasteiger partial charge in [0.15, 0.2) is 17.5 Å². The predicted molar refractivity (Wildman–Crippen MR) is 121 cm³/mol. The quantitative estimate of drug-likeness (QED) is 0.251. The van der Waals surface area contributed by atoms with E-state index in [1.54, 1.807) is 13.1 Å². The summed E-state index contributed by atoms with van der Waals surface area (Å²) < 4.78 is 19.1. The SMILES string of the molecule is CCOc1ccc(CNC(=NC)NCCCN2CCCCC2C)cc1F.I. The Hall–Kier alpha value is -1.09. The van der Waals surface area contributed by atoms with Gasteiger partial charge in [-0.3, -0.25) is 4.99 Å². The molecule has 5 nitrogen and oxygen atoms in total. The fourth-order valence-corrected chi connectivity index (χ4v) is 3.31. The molecule has 2 N–H and O–H groups in total. The minimum absolute atomic E-state index is 0. The third kappa shape index (κ3) is 8.21. The zero-order valence-corrected chi connectivity index (χ0v) is 19.1. The van der Waals surface area contributed by atoms with E-state index in [9.17, 15) is 4.39 Å². The minimum Gasteiger partial charge on any atom is -0.491 e. The first-order valence-electron chi connectivity index (χ1n) is 9.73. The zero-order chi connectivity index (χ0) is 18.8. The molecule has 2 rings (SSSR count). The van der Waals surface area contributed by atoms with Gasteiger partial charge in [-0.1, -0.05) is 12.5 Å². The highest BCUT2D eigenvalue weighted by atomic mass is 127. The van der Waals surface area contributed by atoms with Crippen LogP contribution in [0.25, 0.3) is 0 Å². The van der Waals surface area contributed by atoms with Crippen LogP contribution in [0.1, 0.15) is 45.1 Å². The molecule has 0 aromatic heterocycles. The highest BCUT2D eigenvalue weighted by Gasteiger charge is 2.17. The molecule has 1 atom stereocenters. The Bertz CT molecular complexity index is 585. The molecule has 154 valence electrons. The number of guanidine groups is 1. The standard InChI is InChI=1S/C20H33FN4O.HI/c1-4-26-19-10-9-17(14-18(19)21)15-24-20(22-3)23-11-7-13-25-12-6-5-8-16(25)2;/h9-10,14,16H,4-8,11-13,15H2,1-3H3,(H2,22,23,24);1H. The van der Waals surface area contributed by atoms with Gasteiger partial charge < -0.3 is 20.3 Å². The number of nitrogens with zero attached hydrogens (tertiary/aromatic N) is 2. The van der Waals surface area contributed by atoms with E-state index in [1.807, 2.05) is 13.0 Å². The molecule has 1 fully saturated rings. The lowest BCUT2D eigenvalue weighted by molar-refractivity contribution is 0.159. The van der Waals surface area contributed by atoms with Crippen LogP contribution in [-0.4, -0.2) is 50.2 Å². The fraction of sp³-hybridized carbons (Fsp3) is 0.650. The summed E-state index contributed by atoms with van der Waals surface area (Å²) in [6.45, 7) is 8.36. The van der Waals surface area contributed by atoms with Crippen molar-refractivity contribution in [3.05, 3.63) is 29.6 Å². The molecule has 27 heavy (non-hydrogen) atoms. The lowest BCUT2D eigenvalue weighted by Gasteiger charge is -2.33. The van der Waals surface area contributed by atoms with E-state index in [-0.39, 0.29) is 29.8 Å². The van der Waals surface area contributed by atoms with E-state index in [0.717, 1.165) is 31.0 Å². The van der Waals surface area contributed by atoms with Crippen LogP contribution in [0, 0.1) is 5.82 Å². The normalized spacial score (nSPS) is 17.9. The van der Waals surface area contributed by atoms with Gasteiger partial charge >= 0.3 is 0 Å². The maximum Gasteiger partial charge on any atom is 0.191 e. The number of halogens is 2. The van der Waals surface area contributed by atoms with E-state index in [1.165, 1.54) is 31.9 Å². The van der Waals surface area contributed by atoms with Gasteiger partial charge in [-0.15, -0.1) is 24.0 Å². The van der Waals surface area contributed by atoms with Crippen LogP contribution in [0.5, 0.6) is 5.75 Å². The van der Waals surface area contributed by atoms with Gasteiger partial charge in [0.25, 0.3) is 0 Å². The van der Waals surface area contributed by atoms with Crippen LogP contribution >= 0.6 is 24.0 Å². The van der Waals surface area contributed by atoms with Crippen LogP contribution in [0.15, 0.2) is 23.2 Å². The molecule has 1 aliphatic heterocycles. The number of hydrogen-bond acceptors (Lipinski definition) is 3.